The van der Waals surface area contributed by atoms with E-state index in [1.54, 1.807) is 30.3 Å². The molecule has 5 nitrogen and oxygen atoms in total. The zero-order valence-electron chi connectivity index (χ0n) is 16.3. The zero-order valence-corrected chi connectivity index (χ0v) is 16.3. The van der Waals surface area contributed by atoms with Crippen LogP contribution in [-0.2, 0) is 28.7 Å². The van der Waals surface area contributed by atoms with Gasteiger partial charge in [0.15, 0.2) is 5.60 Å². The Morgan fingerprint density at radius 2 is 2.11 bits per heavy atom. The SMILES string of the molecule is Cc1n(CCCOC(=O)[C@](O)(c2ccccc2)[C@@H]2CCC(F)(F)C2)cc[n+]1C. The van der Waals surface area contributed by atoms with Crippen LogP contribution in [0.15, 0.2) is 42.7 Å². The Bertz CT molecular complexity index is 822. The second kappa shape index (κ2) is 7.99. The molecule has 1 aliphatic rings. The van der Waals surface area contributed by atoms with Crippen LogP contribution in [0, 0.1) is 12.8 Å². The number of halogens is 2. The smallest absolute Gasteiger partial charge is 0.343 e. The van der Waals surface area contributed by atoms with Gasteiger partial charge in [0.25, 0.3) is 5.82 Å². The summed E-state index contributed by atoms with van der Waals surface area (Å²) in [6.45, 7) is 2.75. The summed E-state index contributed by atoms with van der Waals surface area (Å²) in [6.07, 6.45) is 3.67. The monoisotopic (exact) mass is 393 g/mol. The Balaban J connectivity index is 1.68. The molecule has 2 aromatic rings. The molecule has 2 atom stereocenters. The van der Waals surface area contributed by atoms with E-state index in [0.29, 0.717) is 18.5 Å². The van der Waals surface area contributed by atoms with E-state index in [0.717, 1.165) is 5.82 Å². The van der Waals surface area contributed by atoms with Crippen LogP contribution in [0.4, 0.5) is 8.78 Å². The van der Waals surface area contributed by atoms with Crippen molar-refractivity contribution in [2.75, 3.05) is 6.61 Å². The summed E-state index contributed by atoms with van der Waals surface area (Å²) >= 11 is 0. The standard InChI is InChI=1S/C21H27F2N2O3/c1-16-24(2)12-13-25(16)11-6-14-28-19(26)21(27,17-7-4-3-5-8-17)18-9-10-20(22,23)15-18/h3-5,7-8,12-13,18,27H,6,9-11,14-15H2,1-2H3/q+1/t18-,21+/m1/s1. The molecule has 28 heavy (non-hydrogen) atoms. The predicted octanol–water partition coefficient (Wildman–Crippen LogP) is 2.88. The fourth-order valence-electron chi connectivity index (χ4n) is 3.86. The number of carbonyl (C=O) groups excluding carboxylic acids is 1. The van der Waals surface area contributed by atoms with Gasteiger partial charge in [-0.05, 0) is 12.0 Å². The third-order valence-corrected chi connectivity index (χ3v) is 5.69. The number of benzene rings is 1. The molecule has 7 heteroatoms. The highest BCUT2D eigenvalue weighted by atomic mass is 19.3. The van der Waals surface area contributed by atoms with E-state index < -0.39 is 29.8 Å². The first kappa shape index (κ1) is 20.5. The summed E-state index contributed by atoms with van der Waals surface area (Å²) in [6, 6.07) is 8.27. The molecule has 152 valence electrons. The molecule has 1 aromatic carbocycles. The Kier molecular flexibility index (Phi) is 5.84. The molecular weight excluding hydrogens is 366 g/mol. The molecule has 1 aliphatic carbocycles. The van der Waals surface area contributed by atoms with Gasteiger partial charge in [-0.3, -0.25) is 0 Å². The van der Waals surface area contributed by atoms with Gasteiger partial charge in [0.05, 0.1) is 20.2 Å². The van der Waals surface area contributed by atoms with Crippen molar-refractivity contribution < 1.29 is 28.0 Å². The van der Waals surface area contributed by atoms with Gasteiger partial charge >= 0.3 is 5.97 Å². The van der Waals surface area contributed by atoms with Crippen molar-refractivity contribution in [2.24, 2.45) is 13.0 Å². The Hall–Kier alpha value is -2.28. The van der Waals surface area contributed by atoms with Crippen LogP contribution in [0.25, 0.3) is 0 Å². The molecule has 0 spiro atoms. The lowest BCUT2D eigenvalue weighted by Gasteiger charge is -2.32. The summed E-state index contributed by atoms with van der Waals surface area (Å²) in [4.78, 5) is 12.8. The topological polar surface area (TPSA) is 55.3 Å². The molecule has 1 heterocycles. The van der Waals surface area contributed by atoms with Gasteiger partial charge in [-0.2, -0.15) is 0 Å². The molecule has 1 saturated carbocycles. The molecular formula is C21H27F2N2O3+. The Morgan fingerprint density at radius 3 is 2.68 bits per heavy atom. The zero-order chi connectivity index (χ0) is 20.4. The van der Waals surface area contributed by atoms with Crippen molar-refractivity contribution >= 4 is 5.97 Å². The largest absolute Gasteiger partial charge is 0.463 e. The summed E-state index contributed by atoms with van der Waals surface area (Å²) in [5.74, 6) is -3.52. The summed E-state index contributed by atoms with van der Waals surface area (Å²) in [5, 5.41) is 11.2. The van der Waals surface area contributed by atoms with Crippen LogP contribution < -0.4 is 4.57 Å². The lowest BCUT2D eigenvalue weighted by Crippen LogP contribution is -2.44. The van der Waals surface area contributed by atoms with E-state index in [2.05, 4.69) is 0 Å². The van der Waals surface area contributed by atoms with E-state index in [1.807, 2.05) is 35.5 Å². The molecule has 3 rings (SSSR count). The molecule has 1 aromatic heterocycles. The lowest BCUT2D eigenvalue weighted by atomic mass is 9.80. The van der Waals surface area contributed by atoms with Gasteiger partial charge in [-0.1, -0.05) is 30.3 Å². The highest BCUT2D eigenvalue weighted by Gasteiger charge is 2.54. The van der Waals surface area contributed by atoms with E-state index in [4.69, 9.17) is 4.74 Å². The van der Waals surface area contributed by atoms with Gasteiger partial charge in [0, 0.05) is 32.1 Å². The fourth-order valence-corrected chi connectivity index (χ4v) is 3.86. The van der Waals surface area contributed by atoms with Gasteiger partial charge < -0.3 is 9.84 Å². The molecule has 0 radical (unpaired) electrons. The molecule has 0 bridgehead atoms. The van der Waals surface area contributed by atoms with Crippen molar-refractivity contribution in [2.45, 2.75) is 50.7 Å². The third-order valence-electron chi connectivity index (χ3n) is 5.69. The van der Waals surface area contributed by atoms with Crippen molar-refractivity contribution in [3.8, 4) is 0 Å². The lowest BCUT2D eigenvalue weighted by molar-refractivity contribution is -0.677. The van der Waals surface area contributed by atoms with Crippen molar-refractivity contribution in [1.29, 1.82) is 0 Å². The number of esters is 1. The average molecular weight is 393 g/mol. The highest BCUT2D eigenvalue weighted by molar-refractivity contribution is 5.81. The van der Waals surface area contributed by atoms with Crippen LogP contribution in [0.2, 0.25) is 0 Å². The number of nitrogens with zero attached hydrogens (tertiary/aromatic N) is 2. The average Bonchev–Trinajstić information content (AvgIpc) is 3.21. The van der Waals surface area contributed by atoms with E-state index in [9.17, 15) is 18.7 Å². The van der Waals surface area contributed by atoms with Crippen LogP contribution in [-0.4, -0.2) is 28.2 Å². The highest BCUT2D eigenvalue weighted by Crippen LogP contribution is 2.47. The van der Waals surface area contributed by atoms with E-state index >= 15 is 0 Å². The minimum atomic E-state index is -2.87. The van der Waals surface area contributed by atoms with Crippen LogP contribution in [0.1, 0.15) is 37.1 Å². The number of ether oxygens (including phenoxy) is 1. The van der Waals surface area contributed by atoms with Crippen LogP contribution >= 0.6 is 0 Å². The van der Waals surface area contributed by atoms with Gasteiger partial charge in [-0.15, -0.1) is 0 Å². The second-order valence-corrected chi connectivity index (χ2v) is 7.57. The van der Waals surface area contributed by atoms with Gasteiger partial charge in [0.2, 0.25) is 5.92 Å². The maximum absolute atomic E-state index is 13.8. The maximum atomic E-state index is 13.8. The van der Waals surface area contributed by atoms with Crippen LogP contribution in [0.5, 0.6) is 0 Å². The Labute approximate surface area is 163 Å². The summed E-state index contributed by atoms with van der Waals surface area (Å²) in [7, 11) is 1.95. The molecule has 1 fully saturated rings. The quantitative estimate of drug-likeness (QED) is 0.447. The van der Waals surface area contributed by atoms with Crippen molar-refractivity contribution in [1.82, 2.24) is 4.57 Å². The normalized spacial score (nSPS) is 20.7. The number of alkyl halides is 2. The number of rotatable bonds is 7. The van der Waals surface area contributed by atoms with Crippen molar-refractivity contribution in [3.05, 3.63) is 54.1 Å². The number of aryl methyl sites for hydroxylation is 2. The number of aliphatic hydroxyl groups is 1. The first-order valence-electron chi connectivity index (χ1n) is 9.58. The Morgan fingerprint density at radius 1 is 1.39 bits per heavy atom. The number of aromatic nitrogens is 2. The summed E-state index contributed by atoms with van der Waals surface area (Å²) < 4.78 is 36.9. The number of hydrogen-bond acceptors (Lipinski definition) is 3. The summed E-state index contributed by atoms with van der Waals surface area (Å²) in [5.41, 5.74) is -1.76. The van der Waals surface area contributed by atoms with Gasteiger partial charge in [0.1, 0.15) is 12.4 Å². The number of carbonyl (C=O) groups is 1. The minimum absolute atomic E-state index is 0.0759. The minimum Gasteiger partial charge on any atom is -0.463 e. The first-order chi connectivity index (χ1) is 13.2. The number of hydrogen-bond donors (Lipinski definition) is 1. The predicted molar refractivity (Wildman–Crippen MR) is 98.5 cm³/mol. The molecule has 0 saturated heterocycles. The maximum Gasteiger partial charge on any atom is 0.343 e. The van der Waals surface area contributed by atoms with Crippen LogP contribution in [0.3, 0.4) is 0 Å². The second-order valence-electron chi connectivity index (χ2n) is 7.57. The van der Waals surface area contributed by atoms with E-state index in [-0.39, 0.29) is 19.4 Å². The first-order valence-corrected chi connectivity index (χ1v) is 9.58. The number of imidazole rings is 1. The van der Waals surface area contributed by atoms with E-state index in [1.165, 1.54) is 0 Å². The van der Waals surface area contributed by atoms with Gasteiger partial charge in [-0.25, -0.2) is 22.7 Å². The van der Waals surface area contributed by atoms with Crippen molar-refractivity contribution in [3.63, 3.8) is 0 Å². The molecule has 0 aliphatic heterocycles. The molecule has 1 N–H and O–H groups in total. The molecule has 0 amide bonds. The fraction of sp³-hybridized carbons (Fsp3) is 0.524. The molecule has 0 unspecified atom stereocenters. The third kappa shape index (κ3) is 4.09.